The van der Waals surface area contributed by atoms with Gasteiger partial charge in [0, 0.05) is 25.4 Å². The number of hydrogen-bond acceptors (Lipinski definition) is 4. The van der Waals surface area contributed by atoms with Crippen LogP contribution in [0.1, 0.15) is 35.4 Å². The number of rotatable bonds is 3. The molecule has 3 aliphatic rings. The average molecular weight is 411 g/mol. The van der Waals surface area contributed by atoms with Crippen LogP contribution in [0.15, 0.2) is 76.7 Å². The number of fused-ring (bicyclic) bond motifs is 2. The molecular formula is C27H30N4. The summed E-state index contributed by atoms with van der Waals surface area (Å²) in [6.07, 6.45) is 4.70. The Labute approximate surface area is 184 Å². The third-order valence-corrected chi connectivity index (χ3v) is 6.38. The lowest BCUT2D eigenvalue weighted by Crippen LogP contribution is -2.28. The highest BCUT2D eigenvalue weighted by Gasteiger charge is 2.25. The molecule has 3 aromatic rings. The molecule has 0 fully saturated rings. The lowest BCUT2D eigenvalue weighted by molar-refractivity contribution is 0.641. The molecule has 0 radical (unpaired) electrons. The monoisotopic (exact) mass is 410 g/mol. The van der Waals surface area contributed by atoms with E-state index in [1.165, 1.54) is 52.6 Å². The summed E-state index contributed by atoms with van der Waals surface area (Å²) < 4.78 is 0. The number of hydrogen-bond donors (Lipinski definition) is 2. The largest absolute Gasteiger partial charge is 0.372 e. The molecule has 31 heavy (non-hydrogen) atoms. The summed E-state index contributed by atoms with van der Waals surface area (Å²) in [5, 5.41) is 9.38. The number of nitrogens with one attached hydrogen (secondary N) is 2. The van der Waals surface area contributed by atoms with Crippen molar-refractivity contribution >= 4 is 22.4 Å². The molecule has 1 unspecified atom stereocenters. The van der Waals surface area contributed by atoms with Crippen molar-refractivity contribution in [3.63, 3.8) is 0 Å². The van der Waals surface area contributed by atoms with Gasteiger partial charge < -0.3 is 10.6 Å². The fraction of sp³-hybridized carbons (Fsp3) is 0.333. The zero-order chi connectivity index (χ0) is 20.9. The minimum Gasteiger partial charge on any atom is -0.372 e. The second-order valence-corrected chi connectivity index (χ2v) is 8.41. The quantitative estimate of drug-likeness (QED) is 0.668. The molecule has 0 saturated carbocycles. The molecule has 1 atom stereocenters. The fourth-order valence-corrected chi connectivity index (χ4v) is 4.88. The van der Waals surface area contributed by atoms with Crippen molar-refractivity contribution in [1.82, 2.24) is 10.6 Å². The molecule has 4 nitrogen and oxygen atoms in total. The Hall–Kier alpha value is -3.14. The second kappa shape index (κ2) is 9.34. The van der Waals surface area contributed by atoms with E-state index in [4.69, 9.17) is 0 Å². The molecule has 0 aromatic heterocycles. The molecule has 0 saturated heterocycles. The molecular weight excluding hydrogens is 380 g/mol. The van der Waals surface area contributed by atoms with E-state index in [0.717, 1.165) is 38.4 Å². The maximum absolute atomic E-state index is 4.56. The highest BCUT2D eigenvalue weighted by Crippen LogP contribution is 2.32. The van der Waals surface area contributed by atoms with E-state index in [0.29, 0.717) is 5.92 Å². The normalized spacial score (nSPS) is 19.4. The van der Waals surface area contributed by atoms with Crippen LogP contribution in [0, 0.1) is 0 Å². The van der Waals surface area contributed by atoms with Gasteiger partial charge in [-0.1, -0.05) is 66.7 Å². The summed E-state index contributed by atoms with van der Waals surface area (Å²) in [7, 11) is 0. The van der Waals surface area contributed by atoms with E-state index in [1.807, 2.05) is 0 Å². The topological polar surface area (TPSA) is 48.8 Å². The van der Waals surface area contributed by atoms with E-state index in [2.05, 4.69) is 87.3 Å². The van der Waals surface area contributed by atoms with Gasteiger partial charge in [0.1, 0.15) is 11.7 Å². The van der Waals surface area contributed by atoms with Gasteiger partial charge in [0.05, 0.1) is 13.1 Å². The molecule has 0 amide bonds. The first-order chi connectivity index (χ1) is 15.4. The number of nitrogens with zero attached hydrogens (tertiary/aromatic N) is 2. The minimum atomic E-state index is 0.539. The Morgan fingerprint density at radius 3 is 2.48 bits per heavy atom. The van der Waals surface area contributed by atoms with Crippen molar-refractivity contribution in [1.29, 1.82) is 0 Å². The summed E-state index contributed by atoms with van der Waals surface area (Å²) in [5.74, 6) is 2.89. The van der Waals surface area contributed by atoms with Crippen LogP contribution in [-0.4, -0.2) is 37.9 Å². The lowest BCUT2D eigenvalue weighted by Gasteiger charge is -2.25. The molecule has 3 aromatic carbocycles. The predicted octanol–water partition coefficient (Wildman–Crippen LogP) is 4.49. The minimum absolute atomic E-state index is 0.539. The van der Waals surface area contributed by atoms with Gasteiger partial charge in [0.25, 0.3) is 0 Å². The zero-order valence-corrected chi connectivity index (χ0v) is 18.0. The van der Waals surface area contributed by atoms with Crippen molar-refractivity contribution in [3.05, 3.63) is 83.4 Å². The smallest absolute Gasteiger partial charge is 0.104 e. The van der Waals surface area contributed by atoms with Crippen molar-refractivity contribution in [2.75, 3.05) is 26.2 Å². The molecule has 2 heterocycles. The van der Waals surface area contributed by atoms with Crippen molar-refractivity contribution in [3.8, 4) is 0 Å². The van der Waals surface area contributed by atoms with Crippen LogP contribution in [0.5, 0.6) is 0 Å². The average Bonchev–Trinajstić information content (AvgIpc) is 3.54. The Morgan fingerprint density at radius 1 is 0.806 bits per heavy atom. The van der Waals surface area contributed by atoms with Gasteiger partial charge >= 0.3 is 0 Å². The fourth-order valence-electron chi connectivity index (χ4n) is 4.88. The van der Waals surface area contributed by atoms with Crippen molar-refractivity contribution in [2.45, 2.75) is 31.6 Å². The first-order valence-electron chi connectivity index (χ1n) is 11.5. The van der Waals surface area contributed by atoms with Crippen LogP contribution in [0.2, 0.25) is 0 Å². The highest BCUT2D eigenvalue weighted by molar-refractivity contribution is 5.93. The summed E-state index contributed by atoms with van der Waals surface area (Å²) >= 11 is 0. The van der Waals surface area contributed by atoms with Gasteiger partial charge in [-0.05, 0) is 46.7 Å². The zero-order valence-electron chi connectivity index (χ0n) is 18.0. The Bertz CT molecular complexity index is 1110. The molecule has 0 spiro atoms. The van der Waals surface area contributed by atoms with Gasteiger partial charge in [-0.2, -0.15) is 0 Å². The van der Waals surface area contributed by atoms with Gasteiger partial charge in [-0.15, -0.1) is 0 Å². The lowest BCUT2D eigenvalue weighted by atomic mass is 9.82. The summed E-state index contributed by atoms with van der Waals surface area (Å²) in [6.45, 7) is 3.88. The number of aryl methyl sites for hydroxylation is 1. The van der Waals surface area contributed by atoms with Crippen LogP contribution in [0.3, 0.4) is 0 Å². The first kappa shape index (κ1) is 19.8. The van der Waals surface area contributed by atoms with Gasteiger partial charge in [0.2, 0.25) is 0 Å². The molecule has 4 heteroatoms. The Morgan fingerprint density at radius 2 is 1.61 bits per heavy atom. The maximum atomic E-state index is 4.56. The van der Waals surface area contributed by atoms with Gasteiger partial charge in [0.15, 0.2) is 0 Å². The SMILES string of the molecule is c1ccc2c(CC3=NCCN3)cccc2c1.c1ccc2c(c1)CCCC2C1=NCCN1. The Balaban J connectivity index is 0.000000132. The molecule has 158 valence electrons. The maximum Gasteiger partial charge on any atom is 0.104 e. The predicted molar refractivity (Wildman–Crippen MR) is 130 cm³/mol. The van der Waals surface area contributed by atoms with Crippen LogP contribution in [0.4, 0.5) is 0 Å². The Kier molecular flexibility index (Phi) is 5.96. The molecule has 1 aliphatic carbocycles. The van der Waals surface area contributed by atoms with Gasteiger partial charge in [-0.25, -0.2) is 0 Å². The van der Waals surface area contributed by atoms with Crippen molar-refractivity contribution < 1.29 is 0 Å². The van der Waals surface area contributed by atoms with Crippen molar-refractivity contribution in [2.24, 2.45) is 9.98 Å². The summed E-state index contributed by atoms with van der Waals surface area (Å²) in [5.41, 5.74) is 4.37. The van der Waals surface area contributed by atoms with Gasteiger partial charge in [-0.3, -0.25) is 9.98 Å². The van der Waals surface area contributed by atoms with E-state index >= 15 is 0 Å². The van der Waals surface area contributed by atoms with Crippen LogP contribution in [-0.2, 0) is 12.8 Å². The van der Waals surface area contributed by atoms with Crippen LogP contribution < -0.4 is 10.6 Å². The summed E-state index contributed by atoms with van der Waals surface area (Å²) in [6, 6.07) is 23.8. The molecule has 2 N–H and O–H groups in total. The molecule has 6 rings (SSSR count). The standard InChI is InChI=1S/C14H14N2.C13H16N2/c1-2-7-13-11(4-1)5-3-6-12(13)10-14-15-8-9-16-14;1-2-6-11-10(4-1)5-3-7-12(11)13-14-8-9-15-13/h1-7H,8-10H2,(H,15,16);1-2,4,6,12H,3,5,7-9H2,(H,14,15). The third kappa shape index (κ3) is 4.48. The van der Waals surface area contributed by atoms with Crippen LogP contribution in [0.25, 0.3) is 10.8 Å². The number of benzene rings is 3. The van der Waals surface area contributed by atoms with E-state index in [1.54, 1.807) is 0 Å². The number of aliphatic imine (C=N–C) groups is 2. The summed E-state index contributed by atoms with van der Waals surface area (Å²) in [4.78, 5) is 9.01. The number of amidine groups is 2. The van der Waals surface area contributed by atoms with E-state index in [9.17, 15) is 0 Å². The van der Waals surface area contributed by atoms with E-state index in [-0.39, 0.29) is 0 Å². The second-order valence-electron chi connectivity index (χ2n) is 8.41. The molecule has 2 aliphatic heterocycles. The first-order valence-corrected chi connectivity index (χ1v) is 11.5. The highest BCUT2D eigenvalue weighted by atomic mass is 15.1. The molecule has 0 bridgehead atoms. The van der Waals surface area contributed by atoms with Crippen LogP contribution >= 0.6 is 0 Å². The third-order valence-electron chi connectivity index (χ3n) is 6.38. The van der Waals surface area contributed by atoms with E-state index < -0.39 is 0 Å².